The van der Waals surface area contributed by atoms with Crippen LogP contribution >= 0.6 is 0 Å². The summed E-state index contributed by atoms with van der Waals surface area (Å²) in [6.45, 7) is 0.816. The molecule has 3 nitrogen and oxygen atoms in total. The summed E-state index contributed by atoms with van der Waals surface area (Å²) < 4.78 is 23.9. The predicted molar refractivity (Wildman–Crippen MR) is 59.7 cm³/mol. The van der Waals surface area contributed by atoms with E-state index in [0.717, 1.165) is 5.56 Å². The van der Waals surface area contributed by atoms with Crippen molar-refractivity contribution in [1.29, 1.82) is 0 Å². The molecule has 0 bridgehead atoms. The van der Waals surface area contributed by atoms with E-state index in [1.54, 1.807) is 0 Å². The molecule has 0 aromatic heterocycles. The molecule has 0 radical (unpaired) electrons. The van der Waals surface area contributed by atoms with Crippen LogP contribution in [-0.2, 0) is 22.4 Å². The average molecular weight is 242 g/mol. The molecule has 14 heavy (non-hydrogen) atoms. The minimum Gasteiger partial charge on any atom is -1.00 e. The number of hydrogen-bond acceptors (Lipinski definition) is 2. The maximum Gasteiger partial charge on any atom is 2.00 e. The molecule has 1 atom stereocenters. The summed E-state index contributed by atoms with van der Waals surface area (Å²) >= 11 is -1.75. The van der Waals surface area contributed by atoms with E-state index >= 15 is 0 Å². The Hall–Kier alpha value is 0.550. The second-order valence-electron chi connectivity index (χ2n) is 2.56. The van der Waals surface area contributed by atoms with Crippen molar-refractivity contribution >= 4 is 48.8 Å². The van der Waals surface area contributed by atoms with Gasteiger partial charge in [0.15, 0.2) is 11.1 Å². The Labute approximate surface area is 119 Å². The van der Waals surface area contributed by atoms with E-state index in [4.69, 9.17) is 9.29 Å². The normalized spacial score (nSPS) is 11.8. The first-order chi connectivity index (χ1) is 6.29. The van der Waals surface area contributed by atoms with E-state index < -0.39 is 11.1 Å². The summed E-state index contributed by atoms with van der Waals surface area (Å²) in [5, 5.41) is 0. The average Bonchev–Trinajstić information content (AvgIpc) is 2.14. The Kier molecular flexibility index (Phi) is 9.17. The third kappa shape index (κ3) is 6.92. The van der Waals surface area contributed by atoms with Gasteiger partial charge < -0.3 is 12.1 Å². The molecule has 0 amide bonds. The zero-order chi connectivity index (χ0) is 9.52. The summed E-state index contributed by atoms with van der Waals surface area (Å²) in [7, 11) is 0. The maximum atomic E-state index is 10.2. The molecular formula is C9H14CaO3S. The third-order valence-corrected chi connectivity index (χ3v) is 2.03. The van der Waals surface area contributed by atoms with Gasteiger partial charge in [0.2, 0.25) is 0 Å². The number of hydrogen-bond donors (Lipinski definition) is 1. The van der Waals surface area contributed by atoms with E-state index in [-0.39, 0.29) is 46.3 Å². The largest absolute Gasteiger partial charge is 2.00 e. The van der Waals surface area contributed by atoms with Gasteiger partial charge >= 0.3 is 37.7 Å². The van der Waals surface area contributed by atoms with Crippen LogP contribution in [-0.4, -0.2) is 58.9 Å². The topological polar surface area (TPSA) is 46.5 Å². The molecule has 0 saturated heterocycles. The van der Waals surface area contributed by atoms with E-state index in [0.29, 0.717) is 13.2 Å². The summed E-state index contributed by atoms with van der Waals surface area (Å²) in [5.74, 6) is 0.173. The molecular weight excluding hydrogens is 228 g/mol. The predicted octanol–water partition coefficient (Wildman–Crippen LogP) is 1.27. The zero-order valence-electron chi connectivity index (χ0n) is 9.89. The Bertz CT molecular complexity index is 275. The Morgan fingerprint density at radius 2 is 2.00 bits per heavy atom. The van der Waals surface area contributed by atoms with Crippen molar-refractivity contribution in [2.75, 3.05) is 12.4 Å². The van der Waals surface area contributed by atoms with Crippen LogP contribution in [0, 0.1) is 0 Å². The van der Waals surface area contributed by atoms with Crippen LogP contribution in [0.3, 0.4) is 0 Å². The molecule has 0 fully saturated rings. The van der Waals surface area contributed by atoms with E-state index in [1.165, 1.54) is 0 Å². The van der Waals surface area contributed by atoms with Crippen molar-refractivity contribution in [3.05, 3.63) is 35.9 Å². The smallest absolute Gasteiger partial charge is 1.00 e. The van der Waals surface area contributed by atoms with Gasteiger partial charge in [-0.2, -0.15) is 0 Å². The van der Waals surface area contributed by atoms with Gasteiger partial charge in [0.05, 0.1) is 19.0 Å². The van der Waals surface area contributed by atoms with Gasteiger partial charge in [-0.15, -0.1) is 0 Å². The molecule has 76 valence electrons. The fourth-order valence-corrected chi connectivity index (χ4v) is 1.15. The number of benzene rings is 1. The molecule has 1 rings (SSSR count). The van der Waals surface area contributed by atoms with Gasteiger partial charge in [-0.25, -0.2) is 4.21 Å². The summed E-state index contributed by atoms with van der Waals surface area (Å²) in [6.07, 6.45) is 0. The van der Waals surface area contributed by atoms with E-state index in [2.05, 4.69) is 0 Å². The quantitative estimate of drug-likeness (QED) is 0.480. The van der Waals surface area contributed by atoms with Crippen LogP contribution in [0.2, 0.25) is 0 Å². The first-order valence-corrected chi connectivity index (χ1v) is 5.26. The Morgan fingerprint density at radius 3 is 2.57 bits per heavy atom. The van der Waals surface area contributed by atoms with Gasteiger partial charge in [0.25, 0.3) is 0 Å². The number of ether oxygens (including phenoxy) is 1. The molecule has 1 unspecified atom stereocenters. The SMILES string of the molecule is O=S(O)CCOCc1ccccc1.[Ca+2].[H-].[H-]. The number of rotatable bonds is 5. The zero-order valence-corrected chi connectivity index (χ0v) is 10.9. The molecule has 1 aromatic carbocycles. The van der Waals surface area contributed by atoms with Gasteiger partial charge in [0.1, 0.15) is 0 Å². The maximum absolute atomic E-state index is 10.2. The van der Waals surface area contributed by atoms with Crippen molar-refractivity contribution in [1.82, 2.24) is 0 Å². The van der Waals surface area contributed by atoms with E-state index in [9.17, 15) is 4.21 Å². The third-order valence-electron chi connectivity index (χ3n) is 1.51. The second kappa shape index (κ2) is 8.83. The van der Waals surface area contributed by atoms with Crippen LogP contribution in [0.1, 0.15) is 8.42 Å². The van der Waals surface area contributed by atoms with Gasteiger partial charge in [-0.05, 0) is 5.56 Å². The molecule has 0 heterocycles. The standard InChI is InChI=1S/C9H12O3S.Ca.2H/c10-13(11)7-6-12-8-9-4-2-1-3-5-9;;;/h1-5H,6-8H2,(H,10,11);;;/q;+2;2*-1. The van der Waals surface area contributed by atoms with Crippen LogP contribution in [0.15, 0.2) is 30.3 Å². The Balaban J connectivity index is -0.000000563. The monoisotopic (exact) mass is 242 g/mol. The Morgan fingerprint density at radius 1 is 1.36 bits per heavy atom. The van der Waals surface area contributed by atoms with Crippen molar-refractivity contribution in [2.24, 2.45) is 0 Å². The first kappa shape index (κ1) is 14.5. The summed E-state index contributed by atoms with van der Waals surface area (Å²) in [5.41, 5.74) is 1.08. The molecule has 0 saturated carbocycles. The van der Waals surface area contributed by atoms with Gasteiger partial charge in [-0.3, -0.25) is 0 Å². The molecule has 5 heteroatoms. The van der Waals surface area contributed by atoms with Gasteiger partial charge in [-0.1, -0.05) is 30.3 Å². The van der Waals surface area contributed by atoms with Crippen LogP contribution in [0.4, 0.5) is 0 Å². The van der Waals surface area contributed by atoms with E-state index in [1.807, 2.05) is 30.3 Å². The summed E-state index contributed by atoms with van der Waals surface area (Å²) in [6, 6.07) is 9.71. The van der Waals surface area contributed by atoms with Crippen LogP contribution in [0.25, 0.3) is 0 Å². The van der Waals surface area contributed by atoms with Crippen molar-refractivity contribution < 1.29 is 16.4 Å². The first-order valence-electron chi connectivity index (χ1n) is 3.98. The minimum absolute atomic E-state index is 0. The fourth-order valence-electron chi connectivity index (χ4n) is 0.894. The van der Waals surface area contributed by atoms with Crippen LogP contribution < -0.4 is 0 Å². The molecule has 1 N–H and O–H groups in total. The van der Waals surface area contributed by atoms with Crippen LogP contribution in [0.5, 0.6) is 0 Å². The molecule has 0 aliphatic heterocycles. The fraction of sp³-hybridized carbons (Fsp3) is 0.333. The van der Waals surface area contributed by atoms with Crippen molar-refractivity contribution in [3.8, 4) is 0 Å². The van der Waals surface area contributed by atoms with Crippen molar-refractivity contribution in [3.63, 3.8) is 0 Å². The molecule has 0 spiro atoms. The minimum atomic E-state index is -1.75. The molecule has 1 aromatic rings. The summed E-state index contributed by atoms with van der Waals surface area (Å²) in [4.78, 5) is 0. The molecule has 0 aliphatic rings. The van der Waals surface area contributed by atoms with Gasteiger partial charge in [0, 0.05) is 0 Å². The van der Waals surface area contributed by atoms with Crippen molar-refractivity contribution in [2.45, 2.75) is 6.61 Å². The molecule has 0 aliphatic carbocycles. The second-order valence-corrected chi connectivity index (χ2v) is 3.62.